The number of hydrogen-bond donors (Lipinski definition) is 0. The van der Waals surface area contributed by atoms with Gasteiger partial charge in [-0.15, -0.1) is 11.3 Å². The fourth-order valence-electron chi connectivity index (χ4n) is 1.45. The van der Waals surface area contributed by atoms with Gasteiger partial charge in [0, 0.05) is 10.9 Å². The zero-order valence-electron chi connectivity index (χ0n) is 9.71. The molecule has 3 nitrogen and oxygen atoms in total. The van der Waals surface area contributed by atoms with E-state index < -0.39 is 0 Å². The number of rotatable bonds is 4. The number of benzene rings is 1. The van der Waals surface area contributed by atoms with Gasteiger partial charge in [-0.1, -0.05) is 0 Å². The van der Waals surface area contributed by atoms with Gasteiger partial charge < -0.3 is 4.74 Å². The van der Waals surface area contributed by atoms with E-state index in [0.717, 1.165) is 23.3 Å². The molecule has 0 radical (unpaired) electrons. The number of aromatic nitrogens is 1. The Morgan fingerprint density at radius 3 is 2.53 bits per heavy atom. The summed E-state index contributed by atoms with van der Waals surface area (Å²) in [7, 11) is 0. The maximum Gasteiger partial charge on any atom is 0.178 e. The second-order valence-electron chi connectivity index (χ2n) is 3.88. The molecule has 0 spiro atoms. The summed E-state index contributed by atoms with van der Waals surface area (Å²) >= 11 is 1.35. The van der Waals surface area contributed by atoms with Crippen LogP contribution in [0.15, 0.2) is 29.6 Å². The summed E-state index contributed by atoms with van der Waals surface area (Å²) < 4.78 is 5.56. The van der Waals surface area contributed by atoms with Crippen molar-refractivity contribution in [2.24, 2.45) is 0 Å². The Labute approximate surface area is 104 Å². The van der Waals surface area contributed by atoms with E-state index >= 15 is 0 Å². The number of ether oxygens (including phenoxy) is 1. The van der Waals surface area contributed by atoms with Gasteiger partial charge in [-0.05, 0) is 38.1 Å². The first kappa shape index (κ1) is 11.8. The lowest BCUT2D eigenvalue weighted by Crippen LogP contribution is -2.05. The summed E-state index contributed by atoms with van der Waals surface area (Å²) in [6, 6.07) is 7.72. The smallest absolute Gasteiger partial charge is 0.178 e. The van der Waals surface area contributed by atoms with Crippen LogP contribution in [-0.4, -0.2) is 17.4 Å². The molecule has 1 heterocycles. The second kappa shape index (κ2) is 5.10. The molecular formula is C13H13NO2S. The highest BCUT2D eigenvalue weighted by Gasteiger charge is 2.04. The Balaban J connectivity index is 2.19. The number of hydrogen-bond acceptors (Lipinski definition) is 4. The third kappa shape index (κ3) is 2.91. The van der Waals surface area contributed by atoms with E-state index in [0.29, 0.717) is 5.01 Å². The van der Waals surface area contributed by atoms with Gasteiger partial charge in [0.1, 0.15) is 5.75 Å². The highest BCUT2D eigenvalue weighted by atomic mass is 32.1. The maximum absolute atomic E-state index is 10.6. The molecule has 0 unspecified atom stereocenters. The average molecular weight is 247 g/mol. The molecule has 2 aromatic rings. The van der Waals surface area contributed by atoms with E-state index in [4.69, 9.17) is 4.74 Å². The van der Waals surface area contributed by atoms with Crippen LogP contribution in [0.4, 0.5) is 0 Å². The molecule has 2 rings (SSSR count). The lowest BCUT2D eigenvalue weighted by Gasteiger charge is -2.09. The van der Waals surface area contributed by atoms with E-state index in [1.165, 1.54) is 11.3 Å². The normalized spacial score (nSPS) is 10.5. The molecule has 0 atom stereocenters. The zero-order valence-corrected chi connectivity index (χ0v) is 10.5. The molecule has 0 bridgehead atoms. The van der Waals surface area contributed by atoms with E-state index in [-0.39, 0.29) is 6.10 Å². The van der Waals surface area contributed by atoms with Crippen LogP contribution in [0.1, 0.15) is 23.6 Å². The molecule has 88 valence electrons. The topological polar surface area (TPSA) is 39.2 Å². The van der Waals surface area contributed by atoms with Crippen LogP contribution in [0.25, 0.3) is 11.3 Å². The minimum atomic E-state index is 0.168. The Morgan fingerprint density at radius 1 is 1.29 bits per heavy atom. The Hall–Kier alpha value is -1.68. The van der Waals surface area contributed by atoms with E-state index in [1.807, 2.05) is 43.5 Å². The predicted octanol–water partition coefficient (Wildman–Crippen LogP) is 3.41. The fraction of sp³-hybridized carbons (Fsp3) is 0.231. The van der Waals surface area contributed by atoms with Crippen molar-refractivity contribution in [1.29, 1.82) is 0 Å². The van der Waals surface area contributed by atoms with Gasteiger partial charge in [-0.3, -0.25) is 4.79 Å². The van der Waals surface area contributed by atoms with Gasteiger partial charge in [-0.2, -0.15) is 0 Å². The summed E-state index contributed by atoms with van der Waals surface area (Å²) in [5.41, 5.74) is 1.82. The first-order chi connectivity index (χ1) is 8.19. The summed E-state index contributed by atoms with van der Waals surface area (Å²) in [5.74, 6) is 0.842. The van der Waals surface area contributed by atoms with Crippen molar-refractivity contribution in [1.82, 2.24) is 4.98 Å². The van der Waals surface area contributed by atoms with Crippen LogP contribution in [0, 0.1) is 0 Å². The molecule has 0 amide bonds. The van der Waals surface area contributed by atoms with Gasteiger partial charge in [0.05, 0.1) is 11.8 Å². The van der Waals surface area contributed by atoms with E-state index in [9.17, 15) is 4.79 Å². The number of thiazole rings is 1. The van der Waals surface area contributed by atoms with Gasteiger partial charge in [0.2, 0.25) is 0 Å². The number of nitrogens with zero attached hydrogens (tertiary/aromatic N) is 1. The Bertz CT molecular complexity index is 502. The van der Waals surface area contributed by atoms with Crippen molar-refractivity contribution in [2.45, 2.75) is 20.0 Å². The van der Waals surface area contributed by atoms with Crippen LogP contribution in [-0.2, 0) is 0 Å². The molecule has 0 aliphatic rings. The molecule has 0 saturated heterocycles. The van der Waals surface area contributed by atoms with Gasteiger partial charge in [0.15, 0.2) is 11.3 Å². The summed E-state index contributed by atoms with van der Waals surface area (Å²) in [4.78, 5) is 14.8. The standard InChI is InChI=1S/C13H13NO2S/c1-9(2)16-11-5-3-10(4-6-11)12-8-17-13(7-15)14-12/h3-9H,1-2H3. The summed E-state index contributed by atoms with van der Waals surface area (Å²) in [6.07, 6.45) is 0.937. The van der Waals surface area contributed by atoms with Crippen LogP contribution >= 0.6 is 11.3 Å². The highest BCUT2D eigenvalue weighted by Crippen LogP contribution is 2.23. The molecule has 0 N–H and O–H groups in total. The minimum absolute atomic E-state index is 0.168. The molecule has 0 saturated carbocycles. The fourth-order valence-corrected chi connectivity index (χ4v) is 2.08. The average Bonchev–Trinajstić information content (AvgIpc) is 2.78. The molecule has 1 aromatic carbocycles. The first-order valence-electron chi connectivity index (χ1n) is 5.37. The third-order valence-corrected chi connectivity index (χ3v) is 2.91. The minimum Gasteiger partial charge on any atom is -0.491 e. The predicted molar refractivity (Wildman–Crippen MR) is 68.7 cm³/mol. The first-order valence-corrected chi connectivity index (χ1v) is 6.25. The third-order valence-electron chi connectivity index (χ3n) is 2.14. The van der Waals surface area contributed by atoms with Gasteiger partial charge in [-0.25, -0.2) is 4.98 Å². The molecular weight excluding hydrogens is 234 g/mol. The maximum atomic E-state index is 10.6. The van der Waals surface area contributed by atoms with E-state index in [2.05, 4.69) is 4.98 Å². The number of aldehydes is 1. The van der Waals surface area contributed by atoms with Crippen LogP contribution in [0.5, 0.6) is 5.75 Å². The number of carbonyl (C=O) groups excluding carboxylic acids is 1. The summed E-state index contributed by atoms with van der Waals surface area (Å²) in [5, 5.41) is 2.38. The molecule has 17 heavy (non-hydrogen) atoms. The largest absolute Gasteiger partial charge is 0.491 e. The van der Waals surface area contributed by atoms with Crippen molar-refractivity contribution in [3.8, 4) is 17.0 Å². The monoisotopic (exact) mass is 247 g/mol. The van der Waals surface area contributed by atoms with Gasteiger partial charge >= 0.3 is 0 Å². The highest BCUT2D eigenvalue weighted by molar-refractivity contribution is 7.11. The lowest BCUT2D eigenvalue weighted by molar-refractivity contribution is 0.112. The number of carbonyl (C=O) groups is 1. The summed E-state index contributed by atoms with van der Waals surface area (Å²) in [6.45, 7) is 3.98. The SMILES string of the molecule is CC(C)Oc1ccc(-c2csc(C=O)n2)cc1. The van der Waals surface area contributed by atoms with Crippen LogP contribution < -0.4 is 4.74 Å². The molecule has 0 fully saturated rings. The molecule has 0 aliphatic carbocycles. The quantitative estimate of drug-likeness (QED) is 0.777. The van der Waals surface area contributed by atoms with Crippen molar-refractivity contribution < 1.29 is 9.53 Å². The van der Waals surface area contributed by atoms with Crippen molar-refractivity contribution in [3.05, 3.63) is 34.7 Å². The van der Waals surface area contributed by atoms with Crippen molar-refractivity contribution >= 4 is 17.6 Å². The van der Waals surface area contributed by atoms with E-state index in [1.54, 1.807) is 0 Å². The van der Waals surface area contributed by atoms with Crippen LogP contribution in [0.3, 0.4) is 0 Å². The Morgan fingerprint density at radius 2 is 2.00 bits per heavy atom. The molecule has 1 aromatic heterocycles. The Kier molecular flexibility index (Phi) is 3.54. The molecule has 0 aliphatic heterocycles. The van der Waals surface area contributed by atoms with Gasteiger partial charge in [0.25, 0.3) is 0 Å². The molecule has 4 heteroatoms. The lowest BCUT2D eigenvalue weighted by atomic mass is 10.2. The van der Waals surface area contributed by atoms with Crippen LogP contribution in [0.2, 0.25) is 0 Å². The zero-order chi connectivity index (χ0) is 12.3. The second-order valence-corrected chi connectivity index (χ2v) is 4.77. The van der Waals surface area contributed by atoms with Crippen molar-refractivity contribution in [2.75, 3.05) is 0 Å². The van der Waals surface area contributed by atoms with Crippen molar-refractivity contribution in [3.63, 3.8) is 0 Å².